The molecule has 0 aliphatic heterocycles. The van der Waals surface area contributed by atoms with E-state index in [9.17, 15) is 0 Å². The van der Waals surface area contributed by atoms with Gasteiger partial charge in [-0.3, -0.25) is 0 Å². The number of hydrogen-bond donors (Lipinski definition) is 0. The zero-order chi connectivity index (χ0) is 9.90. The summed E-state index contributed by atoms with van der Waals surface area (Å²) in [6.07, 6.45) is 8.79. The van der Waals surface area contributed by atoms with Crippen molar-refractivity contribution in [3.05, 3.63) is 0 Å². The lowest BCUT2D eigenvalue weighted by Gasteiger charge is -2.35. The van der Waals surface area contributed by atoms with E-state index in [0.29, 0.717) is 5.41 Å². The van der Waals surface area contributed by atoms with Crippen LogP contribution in [0.5, 0.6) is 0 Å². The summed E-state index contributed by atoms with van der Waals surface area (Å²) in [5.74, 6) is 1.95. The van der Waals surface area contributed by atoms with E-state index in [1.165, 1.54) is 38.5 Å². The van der Waals surface area contributed by atoms with Crippen LogP contribution >= 0.6 is 0 Å². The molecule has 0 nitrogen and oxygen atoms in total. The molecule has 0 saturated heterocycles. The maximum absolute atomic E-state index is 2.45. The second kappa shape index (κ2) is 4.48. The van der Waals surface area contributed by atoms with E-state index in [2.05, 4.69) is 27.7 Å². The van der Waals surface area contributed by atoms with Crippen molar-refractivity contribution in [2.45, 2.75) is 66.2 Å². The second-order valence-electron chi connectivity index (χ2n) is 6.10. The van der Waals surface area contributed by atoms with Crippen molar-refractivity contribution >= 4 is 0 Å². The molecule has 1 rings (SSSR count). The summed E-state index contributed by atoms with van der Waals surface area (Å²) in [6.45, 7) is 9.57. The van der Waals surface area contributed by atoms with Crippen LogP contribution in [0.3, 0.4) is 0 Å². The Kier molecular flexibility index (Phi) is 3.82. The predicted molar refractivity (Wildman–Crippen MR) is 59.8 cm³/mol. The van der Waals surface area contributed by atoms with E-state index in [1.54, 1.807) is 0 Å². The Bertz CT molecular complexity index is 140. The van der Waals surface area contributed by atoms with Gasteiger partial charge in [-0.1, -0.05) is 53.4 Å². The van der Waals surface area contributed by atoms with Gasteiger partial charge in [0.2, 0.25) is 0 Å². The molecule has 0 aromatic heterocycles. The normalized spacial score (nSPS) is 19.2. The van der Waals surface area contributed by atoms with Crippen molar-refractivity contribution in [3.8, 4) is 0 Å². The molecule has 1 aliphatic rings. The summed E-state index contributed by atoms with van der Waals surface area (Å²) in [5, 5.41) is 0. The minimum absolute atomic E-state index is 0.607. The van der Waals surface area contributed by atoms with E-state index >= 15 is 0 Å². The van der Waals surface area contributed by atoms with E-state index in [1.807, 2.05) is 0 Å². The number of hydrogen-bond acceptors (Lipinski definition) is 0. The highest BCUT2D eigenvalue weighted by atomic mass is 14.3. The van der Waals surface area contributed by atoms with Crippen LogP contribution in [-0.2, 0) is 0 Å². The highest BCUT2D eigenvalue weighted by molar-refractivity contribution is 4.78. The Balaban J connectivity index is 2.19. The lowest BCUT2D eigenvalue weighted by atomic mass is 9.71. The van der Waals surface area contributed by atoms with E-state index in [4.69, 9.17) is 0 Å². The van der Waals surface area contributed by atoms with Gasteiger partial charge in [-0.25, -0.2) is 0 Å². The van der Waals surface area contributed by atoms with E-state index in [0.717, 1.165) is 11.8 Å². The standard InChI is InChI=1S/C13H26/c1-11(2)8-9-13(3,4)10-12-6-5-7-12/h11-12H,5-10H2,1-4H3. The van der Waals surface area contributed by atoms with Crippen LogP contribution in [0, 0.1) is 17.3 Å². The zero-order valence-electron chi connectivity index (χ0n) is 9.90. The van der Waals surface area contributed by atoms with E-state index < -0.39 is 0 Å². The fraction of sp³-hybridized carbons (Fsp3) is 1.00. The fourth-order valence-electron chi connectivity index (χ4n) is 2.26. The predicted octanol–water partition coefficient (Wildman–Crippen LogP) is 4.64. The lowest BCUT2D eigenvalue weighted by molar-refractivity contribution is 0.174. The van der Waals surface area contributed by atoms with Crippen molar-refractivity contribution in [2.24, 2.45) is 17.3 Å². The van der Waals surface area contributed by atoms with Crippen molar-refractivity contribution in [1.82, 2.24) is 0 Å². The average Bonchev–Trinajstić information content (AvgIpc) is 1.94. The van der Waals surface area contributed by atoms with Gasteiger partial charge in [0.25, 0.3) is 0 Å². The highest BCUT2D eigenvalue weighted by Crippen LogP contribution is 2.39. The van der Waals surface area contributed by atoms with Gasteiger partial charge in [-0.2, -0.15) is 0 Å². The van der Waals surface area contributed by atoms with Crippen LogP contribution in [0.25, 0.3) is 0 Å². The lowest BCUT2D eigenvalue weighted by Crippen LogP contribution is -2.22. The molecule has 1 aliphatic carbocycles. The van der Waals surface area contributed by atoms with Crippen molar-refractivity contribution in [3.63, 3.8) is 0 Å². The van der Waals surface area contributed by atoms with Gasteiger partial charge in [-0.15, -0.1) is 0 Å². The van der Waals surface area contributed by atoms with Crippen LogP contribution in [0.15, 0.2) is 0 Å². The molecule has 1 saturated carbocycles. The highest BCUT2D eigenvalue weighted by Gasteiger charge is 2.26. The van der Waals surface area contributed by atoms with Crippen LogP contribution < -0.4 is 0 Å². The first kappa shape index (κ1) is 11.1. The summed E-state index contributed by atoms with van der Waals surface area (Å²) in [6, 6.07) is 0. The Morgan fingerprint density at radius 3 is 2.23 bits per heavy atom. The van der Waals surface area contributed by atoms with Crippen molar-refractivity contribution in [2.75, 3.05) is 0 Å². The Morgan fingerprint density at radius 2 is 1.85 bits per heavy atom. The monoisotopic (exact) mass is 182 g/mol. The SMILES string of the molecule is CC(C)CCC(C)(C)CC1CCC1. The second-order valence-corrected chi connectivity index (χ2v) is 6.10. The summed E-state index contributed by atoms with van der Waals surface area (Å²) in [5.41, 5.74) is 0.607. The molecule has 13 heavy (non-hydrogen) atoms. The molecule has 0 bridgehead atoms. The minimum atomic E-state index is 0.607. The third-order valence-electron chi connectivity index (χ3n) is 3.46. The van der Waals surface area contributed by atoms with Gasteiger partial charge in [0.1, 0.15) is 0 Å². The largest absolute Gasteiger partial charge is 0.0628 e. The molecular weight excluding hydrogens is 156 g/mol. The molecule has 1 fully saturated rings. The van der Waals surface area contributed by atoms with Crippen LogP contribution in [0.1, 0.15) is 66.2 Å². The Labute approximate surface area is 84.1 Å². The summed E-state index contributed by atoms with van der Waals surface area (Å²) < 4.78 is 0. The van der Waals surface area contributed by atoms with E-state index in [-0.39, 0.29) is 0 Å². The Morgan fingerprint density at radius 1 is 1.23 bits per heavy atom. The topological polar surface area (TPSA) is 0 Å². The molecule has 0 heteroatoms. The molecule has 0 atom stereocenters. The maximum Gasteiger partial charge on any atom is -0.0351 e. The van der Waals surface area contributed by atoms with Gasteiger partial charge < -0.3 is 0 Å². The van der Waals surface area contributed by atoms with Gasteiger partial charge in [-0.05, 0) is 30.1 Å². The minimum Gasteiger partial charge on any atom is -0.0628 e. The molecule has 0 amide bonds. The fourth-order valence-corrected chi connectivity index (χ4v) is 2.26. The van der Waals surface area contributed by atoms with Crippen LogP contribution in [0.4, 0.5) is 0 Å². The molecule has 0 spiro atoms. The third kappa shape index (κ3) is 4.15. The molecule has 0 heterocycles. The first-order valence-corrected chi connectivity index (χ1v) is 5.99. The molecule has 0 unspecified atom stereocenters. The molecule has 78 valence electrons. The molecular formula is C13H26. The average molecular weight is 182 g/mol. The first-order chi connectivity index (χ1) is 5.99. The van der Waals surface area contributed by atoms with Crippen molar-refractivity contribution in [1.29, 1.82) is 0 Å². The Hall–Kier alpha value is 0. The van der Waals surface area contributed by atoms with Gasteiger partial charge in [0.15, 0.2) is 0 Å². The number of rotatable bonds is 5. The van der Waals surface area contributed by atoms with Crippen LogP contribution in [0.2, 0.25) is 0 Å². The van der Waals surface area contributed by atoms with Gasteiger partial charge in [0.05, 0.1) is 0 Å². The zero-order valence-corrected chi connectivity index (χ0v) is 9.90. The quantitative estimate of drug-likeness (QED) is 0.581. The first-order valence-electron chi connectivity index (χ1n) is 5.99. The van der Waals surface area contributed by atoms with Gasteiger partial charge >= 0.3 is 0 Å². The summed E-state index contributed by atoms with van der Waals surface area (Å²) in [7, 11) is 0. The maximum atomic E-state index is 2.45. The summed E-state index contributed by atoms with van der Waals surface area (Å²) >= 11 is 0. The molecule has 0 aromatic carbocycles. The summed E-state index contributed by atoms with van der Waals surface area (Å²) in [4.78, 5) is 0. The van der Waals surface area contributed by atoms with Crippen molar-refractivity contribution < 1.29 is 0 Å². The molecule has 0 N–H and O–H groups in total. The third-order valence-corrected chi connectivity index (χ3v) is 3.46. The molecule has 0 aromatic rings. The van der Waals surface area contributed by atoms with Gasteiger partial charge in [0, 0.05) is 0 Å². The smallest absolute Gasteiger partial charge is 0.0351 e. The van der Waals surface area contributed by atoms with Crippen LogP contribution in [-0.4, -0.2) is 0 Å². The molecule has 0 radical (unpaired) electrons.